The van der Waals surface area contributed by atoms with Crippen LogP contribution in [0.15, 0.2) is 0 Å². The van der Waals surface area contributed by atoms with E-state index >= 15 is 0 Å². The second kappa shape index (κ2) is 2.98. The van der Waals surface area contributed by atoms with Crippen molar-refractivity contribution >= 4 is 0 Å². The summed E-state index contributed by atoms with van der Waals surface area (Å²) in [6, 6.07) is 0. The summed E-state index contributed by atoms with van der Waals surface area (Å²) in [6.45, 7) is 3.39. The molecule has 12 heavy (non-hydrogen) atoms. The number of hydrogen-bond donors (Lipinski definition) is 2. The molecule has 3 heteroatoms. The van der Waals surface area contributed by atoms with Crippen LogP contribution in [0.1, 0.15) is 19.3 Å². The molecule has 1 atom stereocenters. The van der Waals surface area contributed by atoms with Crippen LogP contribution in [0, 0.1) is 5.41 Å². The van der Waals surface area contributed by atoms with Crippen LogP contribution in [0.25, 0.3) is 0 Å². The van der Waals surface area contributed by atoms with E-state index in [9.17, 15) is 5.11 Å². The molecule has 0 saturated carbocycles. The highest BCUT2D eigenvalue weighted by Gasteiger charge is 2.39. The van der Waals surface area contributed by atoms with Crippen LogP contribution < -0.4 is 5.32 Å². The number of rotatable bonds is 0. The number of aliphatic hydroxyl groups is 1. The fourth-order valence-corrected chi connectivity index (χ4v) is 2.36. The lowest BCUT2D eigenvalue weighted by Crippen LogP contribution is -2.39. The van der Waals surface area contributed by atoms with Gasteiger partial charge in [-0.05, 0) is 44.8 Å². The van der Waals surface area contributed by atoms with Gasteiger partial charge in [0, 0.05) is 6.54 Å². The second-order valence-electron chi connectivity index (χ2n) is 4.40. The van der Waals surface area contributed by atoms with Crippen LogP contribution >= 0.6 is 0 Å². The molecule has 0 aliphatic carbocycles. The average Bonchev–Trinajstić information content (AvgIpc) is 2.40. The van der Waals surface area contributed by atoms with Gasteiger partial charge < -0.3 is 10.0 Å². The number of likely N-dealkylation sites (tertiary alicyclic amines) is 1. The molecule has 2 aliphatic rings. The molecule has 2 aliphatic heterocycles. The minimum atomic E-state index is -0.242. The van der Waals surface area contributed by atoms with Gasteiger partial charge in [-0.15, -0.1) is 0 Å². The van der Waals surface area contributed by atoms with Crippen molar-refractivity contribution in [1.29, 1.82) is 0 Å². The third-order valence-corrected chi connectivity index (χ3v) is 3.39. The summed E-state index contributed by atoms with van der Waals surface area (Å²) in [5, 5.41) is 12.5. The van der Waals surface area contributed by atoms with Crippen LogP contribution in [-0.4, -0.2) is 42.9 Å². The van der Waals surface area contributed by atoms with Crippen molar-refractivity contribution < 1.29 is 5.11 Å². The molecule has 3 nitrogen and oxygen atoms in total. The molecule has 2 rings (SSSR count). The predicted octanol–water partition coefficient (Wildman–Crippen LogP) is 0.0101. The molecule has 1 spiro atoms. The Balaban J connectivity index is 1.95. The van der Waals surface area contributed by atoms with Crippen LogP contribution in [0.3, 0.4) is 0 Å². The first-order valence-electron chi connectivity index (χ1n) is 4.80. The molecule has 2 saturated heterocycles. The lowest BCUT2D eigenvalue weighted by molar-refractivity contribution is 0.105. The smallest absolute Gasteiger partial charge is 0.105 e. The van der Waals surface area contributed by atoms with E-state index in [4.69, 9.17) is 0 Å². The van der Waals surface area contributed by atoms with E-state index in [1.165, 1.54) is 25.9 Å². The highest BCUT2D eigenvalue weighted by molar-refractivity contribution is 4.93. The number of aliphatic hydroxyl groups excluding tert-OH is 1. The number of nitrogens with one attached hydrogen (secondary N) is 1. The number of nitrogens with zero attached hydrogens (tertiary/aromatic N) is 1. The van der Waals surface area contributed by atoms with Gasteiger partial charge in [-0.1, -0.05) is 0 Å². The van der Waals surface area contributed by atoms with Crippen molar-refractivity contribution in [2.24, 2.45) is 5.41 Å². The monoisotopic (exact) mass is 170 g/mol. The second-order valence-corrected chi connectivity index (χ2v) is 4.40. The minimum absolute atomic E-state index is 0.242. The van der Waals surface area contributed by atoms with Crippen molar-refractivity contribution in [3.8, 4) is 0 Å². The van der Waals surface area contributed by atoms with Gasteiger partial charge in [-0.3, -0.25) is 5.32 Å². The Kier molecular flexibility index (Phi) is 2.10. The SMILES string of the molecule is CN1CCC2(CC1)CNC(O)C2. The zero-order chi connectivity index (χ0) is 8.60. The van der Waals surface area contributed by atoms with Gasteiger partial charge >= 0.3 is 0 Å². The molecule has 70 valence electrons. The Morgan fingerprint density at radius 3 is 2.58 bits per heavy atom. The van der Waals surface area contributed by atoms with Gasteiger partial charge in [-0.2, -0.15) is 0 Å². The molecule has 2 N–H and O–H groups in total. The third-order valence-electron chi connectivity index (χ3n) is 3.39. The van der Waals surface area contributed by atoms with E-state index in [0.717, 1.165) is 13.0 Å². The normalized spacial score (nSPS) is 36.0. The van der Waals surface area contributed by atoms with E-state index in [1.54, 1.807) is 0 Å². The maximum atomic E-state index is 9.39. The van der Waals surface area contributed by atoms with E-state index < -0.39 is 0 Å². The van der Waals surface area contributed by atoms with E-state index in [-0.39, 0.29) is 6.23 Å². The summed E-state index contributed by atoms with van der Waals surface area (Å²) < 4.78 is 0. The summed E-state index contributed by atoms with van der Waals surface area (Å²) in [5.74, 6) is 0. The molecule has 1 unspecified atom stereocenters. The van der Waals surface area contributed by atoms with Gasteiger partial charge in [0.15, 0.2) is 0 Å². The summed E-state index contributed by atoms with van der Waals surface area (Å²) in [7, 11) is 2.17. The molecule has 0 radical (unpaired) electrons. The maximum absolute atomic E-state index is 9.39. The molecule has 2 heterocycles. The molecule has 0 bridgehead atoms. The van der Waals surface area contributed by atoms with Gasteiger partial charge in [0.2, 0.25) is 0 Å². The minimum Gasteiger partial charge on any atom is -0.379 e. The van der Waals surface area contributed by atoms with Crippen molar-refractivity contribution in [1.82, 2.24) is 10.2 Å². The zero-order valence-electron chi connectivity index (χ0n) is 7.71. The quantitative estimate of drug-likeness (QED) is 0.537. The van der Waals surface area contributed by atoms with Crippen LogP contribution in [0.5, 0.6) is 0 Å². The number of hydrogen-bond acceptors (Lipinski definition) is 3. The summed E-state index contributed by atoms with van der Waals surface area (Å²) in [6.07, 6.45) is 3.20. The fourth-order valence-electron chi connectivity index (χ4n) is 2.36. The van der Waals surface area contributed by atoms with Crippen LogP contribution in [0.4, 0.5) is 0 Å². The molecule has 0 aromatic carbocycles. The highest BCUT2D eigenvalue weighted by Crippen LogP contribution is 2.38. The number of piperidine rings is 1. The lowest BCUT2D eigenvalue weighted by Gasteiger charge is -2.37. The lowest BCUT2D eigenvalue weighted by atomic mass is 9.78. The van der Waals surface area contributed by atoms with E-state index in [0.29, 0.717) is 5.41 Å². The fraction of sp³-hybridized carbons (Fsp3) is 1.00. The van der Waals surface area contributed by atoms with Gasteiger partial charge in [0.1, 0.15) is 6.23 Å². The summed E-state index contributed by atoms with van der Waals surface area (Å²) in [4.78, 5) is 2.37. The Morgan fingerprint density at radius 2 is 2.08 bits per heavy atom. The van der Waals surface area contributed by atoms with Crippen LogP contribution in [-0.2, 0) is 0 Å². The molecule has 0 amide bonds. The van der Waals surface area contributed by atoms with Crippen molar-refractivity contribution in [3.63, 3.8) is 0 Å². The Bertz CT molecular complexity index is 164. The molecule has 0 aromatic rings. The molecular weight excluding hydrogens is 152 g/mol. The Morgan fingerprint density at radius 1 is 1.42 bits per heavy atom. The van der Waals surface area contributed by atoms with Crippen molar-refractivity contribution in [2.45, 2.75) is 25.5 Å². The van der Waals surface area contributed by atoms with Gasteiger partial charge in [0.25, 0.3) is 0 Å². The topological polar surface area (TPSA) is 35.5 Å². The first-order valence-corrected chi connectivity index (χ1v) is 4.80. The first kappa shape index (κ1) is 8.48. The zero-order valence-corrected chi connectivity index (χ0v) is 7.71. The van der Waals surface area contributed by atoms with E-state index in [1.807, 2.05) is 0 Å². The Hall–Kier alpha value is -0.120. The highest BCUT2D eigenvalue weighted by atomic mass is 16.3. The van der Waals surface area contributed by atoms with Crippen molar-refractivity contribution in [3.05, 3.63) is 0 Å². The largest absolute Gasteiger partial charge is 0.379 e. The average molecular weight is 170 g/mol. The Labute approximate surface area is 73.8 Å². The van der Waals surface area contributed by atoms with Gasteiger partial charge in [0.05, 0.1) is 0 Å². The summed E-state index contributed by atoms with van der Waals surface area (Å²) in [5.41, 5.74) is 0.423. The first-order chi connectivity index (χ1) is 5.70. The van der Waals surface area contributed by atoms with E-state index in [2.05, 4.69) is 17.3 Å². The standard InChI is InChI=1S/C9H18N2O/c1-11-4-2-9(3-5-11)6-8(12)10-7-9/h8,10,12H,2-7H2,1H3. The molecular formula is C9H18N2O. The van der Waals surface area contributed by atoms with Gasteiger partial charge in [-0.25, -0.2) is 0 Å². The molecule has 0 aromatic heterocycles. The van der Waals surface area contributed by atoms with Crippen LogP contribution in [0.2, 0.25) is 0 Å². The molecule has 2 fully saturated rings. The maximum Gasteiger partial charge on any atom is 0.105 e. The third kappa shape index (κ3) is 1.49. The van der Waals surface area contributed by atoms with Crippen molar-refractivity contribution in [2.75, 3.05) is 26.7 Å². The predicted molar refractivity (Wildman–Crippen MR) is 47.8 cm³/mol. The summed E-state index contributed by atoms with van der Waals surface area (Å²) >= 11 is 0.